The van der Waals surface area contributed by atoms with Crippen LogP contribution >= 0.6 is 0 Å². The lowest BCUT2D eigenvalue weighted by Gasteiger charge is -2.30. The normalized spacial score (nSPS) is 21.6. The molecular formula is C18H23N5O2. The minimum absolute atomic E-state index is 0.0387. The van der Waals surface area contributed by atoms with Gasteiger partial charge in [-0.25, -0.2) is 0 Å². The van der Waals surface area contributed by atoms with Crippen molar-refractivity contribution >= 4 is 5.91 Å². The van der Waals surface area contributed by atoms with E-state index in [4.69, 9.17) is 4.52 Å². The van der Waals surface area contributed by atoms with Crippen molar-refractivity contribution in [3.8, 4) is 11.4 Å². The van der Waals surface area contributed by atoms with Crippen LogP contribution in [0.4, 0.5) is 0 Å². The number of aromatic nitrogens is 2. The van der Waals surface area contributed by atoms with E-state index in [2.05, 4.69) is 20.4 Å². The van der Waals surface area contributed by atoms with E-state index in [1.807, 2.05) is 35.2 Å². The minimum Gasteiger partial charge on any atom is -0.339 e. The van der Waals surface area contributed by atoms with E-state index in [-0.39, 0.29) is 11.9 Å². The van der Waals surface area contributed by atoms with Crippen LogP contribution in [-0.4, -0.2) is 65.1 Å². The molecule has 7 nitrogen and oxygen atoms in total. The first-order chi connectivity index (χ1) is 12.3. The molecule has 2 aliphatic rings. The highest BCUT2D eigenvalue weighted by atomic mass is 16.5. The number of nitrogens with zero attached hydrogens (tertiary/aromatic N) is 4. The number of nitrogens with one attached hydrogen (secondary N) is 1. The van der Waals surface area contributed by atoms with Crippen molar-refractivity contribution < 1.29 is 9.32 Å². The molecule has 0 unspecified atom stereocenters. The average molecular weight is 341 g/mol. The van der Waals surface area contributed by atoms with Crippen molar-refractivity contribution in [2.45, 2.75) is 18.9 Å². The fourth-order valence-corrected chi connectivity index (χ4v) is 3.56. The molecule has 25 heavy (non-hydrogen) atoms. The Bertz CT molecular complexity index is 711. The number of piperazine rings is 1. The maximum atomic E-state index is 12.5. The predicted molar refractivity (Wildman–Crippen MR) is 92.7 cm³/mol. The molecule has 2 aliphatic heterocycles. The Morgan fingerprint density at radius 1 is 1.20 bits per heavy atom. The molecule has 7 heteroatoms. The van der Waals surface area contributed by atoms with Gasteiger partial charge in [0.1, 0.15) is 0 Å². The van der Waals surface area contributed by atoms with Gasteiger partial charge in [0.15, 0.2) is 0 Å². The number of hydrogen-bond acceptors (Lipinski definition) is 6. The number of benzene rings is 1. The number of carbonyl (C=O) groups excluding carboxylic acids is 1. The van der Waals surface area contributed by atoms with Crippen LogP contribution in [0.15, 0.2) is 34.9 Å². The third kappa shape index (κ3) is 3.57. The third-order valence-electron chi connectivity index (χ3n) is 4.93. The average Bonchev–Trinajstić information content (AvgIpc) is 3.32. The molecule has 132 valence electrons. The van der Waals surface area contributed by atoms with Crippen LogP contribution in [0, 0.1) is 0 Å². The number of hydrogen-bond donors (Lipinski definition) is 1. The third-order valence-corrected chi connectivity index (χ3v) is 4.93. The summed E-state index contributed by atoms with van der Waals surface area (Å²) in [5, 5.41) is 7.39. The molecule has 1 aromatic heterocycles. The van der Waals surface area contributed by atoms with Crippen LogP contribution in [-0.2, 0) is 4.79 Å². The standard InChI is InChI=1S/C18H23N5O2/c24-16(22-11-8-19-9-12-22)13-23-10-4-7-15(23)18-20-17(21-25-18)14-5-2-1-3-6-14/h1-3,5-6,15,19H,4,7-13H2/t15-/m0/s1. The van der Waals surface area contributed by atoms with Gasteiger partial charge >= 0.3 is 0 Å². The summed E-state index contributed by atoms with van der Waals surface area (Å²) in [6, 6.07) is 9.85. The molecule has 1 amide bonds. The van der Waals surface area contributed by atoms with E-state index < -0.39 is 0 Å². The largest absolute Gasteiger partial charge is 0.339 e. The topological polar surface area (TPSA) is 74.5 Å². The molecule has 1 aromatic carbocycles. The molecule has 2 fully saturated rings. The van der Waals surface area contributed by atoms with E-state index in [0.29, 0.717) is 18.3 Å². The molecule has 0 aliphatic carbocycles. The molecule has 0 radical (unpaired) electrons. The molecule has 4 rings (SSSR count). The summed E-state index contributed by atoms with van der Waals surface area (Å²) in [4.78, 5) is 21.2. The van der Waals surface area contributed by atoms with E-state index >= 15 is 0 Å². The Morgan fingerprint density at radius 2 is 2.00 bits per heavy atom. The van der Waals surface area contributed by atoms with E-state index in [9.17, 15) is 4.79 Å². The molecule has 0 spiro atoms. The van der Waals surface area contributed by atoms with Crippen molar-refractivity contribution in [1.29, 1.82) is 0 Å². The first-order valence-electron chi connectivity index (χ1n) is 8.93. The Labute approximate surface area is 147 Å². The molecule has 0 bridgehead atoms. The van der Waals surface area contributed by atoms with Crippen LogP contribution in [0.25, 0.3) is 11.4 Å². The minimum atomic E-state index is 0.0387. The van der Waals surface area contributed by atoms with E-state index in [1.165, 1.54) is 0 Å². The summed E-state index contributed by atoms with van der Waals surface area (Å²) in [5.41, 5.74) is 0.943. The Balaban J connectivity index is 1.44. The Hall–Kier alpha value is -2.25. The van der Waals surface area contributed by atoms with Crippen molar-refractivity contribution in [3.05, 3.63) is 36.2 Å². The van der Waals surface area contributed by atoms with Crippen molar-refractivity contribution in [3.63, 3.8) is 0 Å². The molecule has 2 saturated heterocycles. The van der Waals surface area contributed by atoms with Crippen LogP contribution < -0.4 is 5.32 Å². The first-order valence-corrected chi connectivity index (χ1v) is 8.93. The summed E-state index contributed by atoms with van der Waals surface area (Å²) in [7, 11) is 0. The van der Waals surface area contributed by atoms with Crippen molar-refractivity contribution in [1.82, 2.24) is 25.3 Å². The van der Waals surface area contributed by atoms with Gasteiger partial charge in [0.2, 0.25) is 17.6 Å². The van der Waals surface area contributed by atoms with Crippen molar-refractivity contribution in [2.24, 2.45) is 0 Å². The lowest BCUT2D eigenvalue weighted by molar-refractivity contribution is -0.133. The lowest BCUT2D eigenvalue weighted by Crippen LogP contribution is -2.49. The lowest BCUT2D eigenvalue weighted by atomic mass is 10.2. The molecule has 3 heterocycles. The van der Waals surface area contributed by atoms with Gasteiger partial charge in [-0.05, 0) is 19.4 Å². The summed E-state index contributed by atoms with van der Waals surface area (Å²) in [6.45, 7) is 4.64. The molecule has 2 aromatic rings. The molecule has 1 atom stereocenters. The SMILES string of the molecule is O=C(CN1CCC[C@H]1c1nc(-c2ccccc2)no1)N1CCNCC1. The van der Waals surface area contributed by atoms with E-state index in [1.54, 1.807) is 0 Å². The first kappa shape index (κ1) is 16.2. The van der Waals surface area contributed by atoms with Gasteiger partial charge in [-0.1, -0.05) is 35.5 Å². The molecular weight excluding hydrogens is 318 g/mol. The maximum absolute atomic E-state index is 12.5. The fraction of sp³-hybridized carbons (Fsp3) is 0.500. The second-order valence-electron chi connectivity index (χ2n) is 6.58. The van der Waals surface area contributed by atoms with Gasteiger partial charge in [-0.3, -0.25) is 9.69 Å². The predicted octanol–water partition coefficient (Wildman–Crippen LogP) is 1.31. The number of amides is 1. The molecule has 1 N–H and O–H groups in total. The maximum Gasteiger partial charge on any atom is 0.244 e. The quantitative estimate of drug-likeness (QED) is 0.904. The van der Waals surface area contributed by atoms with Gasteiger partial charge in [-0.15, -0.1) is 0 Å². The zero-order chi connectivity index (χ0) is 17.1. The second kappa shape index (κ2) is 7.33. The van der Waals surface area contributed by atoms with Gasteiger partial charge in [0.25, 0.3) is 0 Å². The Kier molecular flexibility index (Phi) is 4.76. The van der Waals surface area contributed by atoms with Crippen LogP contribution in [0.1, 0.15) is 24.8 Å². The van der Waals surface area contributed by atoms with Gasteiger partial charge in [-0.2, -0.15) is 4.98 Å². The van der Waals surface area contributed by atoms with Crippen LogP contribution in [0.5, 0.6) is 0 Å². The van der Waals surface area contributed by atoms with Gasteiger partial charge in [0.05, 0.1) is 12.6 Å². The highest BCUT2D eigenvalue weighted by Crippen LogP contribution is 2.31. The zero-order valence-electron chi connectivity index (χ0n) is 14.2. The number of likely N-dealkylation sites (tertiary alicyclic amines) is 1. The highest BCUT2D eigenvalue weighted by molar-refractivity contribution is 5.78. The smallest absolute Gasteiger partial charge is 0.244 e. The number of rotatable bonds is 4. The summed E-state index contributed by atoms with van der Waals surface area (Å²) in [5.74, 6) is 1.41. The highest BCUT2D eigenvalue weighted by Gasteiger charge is 2.33. The van der Waals surface area contributed by atoms with Gasteiger partial charge < -0.3 is 14.7 Å². The monoisotopic (exact) mass is 341 g/mol. The van der Waals surface area contributed by atoms with Crippen LogP contribution in [0.3, 0.4) is 0 Å². The zero-order valence-corrected chi connectivity index (χ0v) is 14.2. The van der Waals surface area contributed by atoms with Gasteiger partial charge in [0, 0.05) is 31.7 Å². The number of carbonyl (C=O) groups is 1. The summed E-state index contributed by atoms with van der Waals surface area (Å²) >= 11 is 0. The van der Waals surface area contributed by atoms with Crippen LogP contribution in [0.2, 0.25) is 0 Å². The summed E-state index contributed by atoms with van der Waals surface area (Å²) < 4.78 is 5.52. The second-order valence-corrected chi connectivity index (χ2v) is 6.58. The van der Waals surface area contributed by atoms with Crippen molar-refractivity contribution in [2.75, 3.05) is 39.3 Å². The van der Waals surface area contributed by atoms with E-state index in [0.717, 1.165) is 51.1 Å². The Morgan fingerprint density at radius 3 is 2.80 bits per heavy atom. The summed E-state index contributed by atoms with van der Waals surface area (Å²) in [6.07, 6.45) is 1.99. The fourth-order valence-electron chi connectivity index (χ4n) is 3.56. The molecule has 0 saturated carbocycles.